The minimum atomic E-state index is -0.374. The van der Waals surface area contributed by atoms with Gasteiger partial charge in [-0.15, -0.1) is 0 Å². The Labute approximate surface area is 160 Å². The van der Waals surface area contributed by atoms with E-state index in [0.29, 0.717) is 18.2 Å². The van der Waals surface area contributed by atoms with Gasteiger partial charge in [-0.05, 0) is 29.8 Å². The first kappa shape index (κ1) is 17.4. The number of carbonyl (C=O) groups excluding carboxylic acids is 2. The Morgan fingerprint density at radius 3 is 2.93 bits per heavy atom. The predicted molar refractivity (Wildman–Crippen MR) is 103 cm³/mol. The van der Waals surface area contributed by atoms with Gasteiger partial charge in [-0.1, -0.05) is 11.3 Å². The molecule has 1 saturated heterocycles. The third-order valence-electron chi connectivity index (χ3n) is 4.53. The smallest absolute Gasteiger partial charge is 0.231 e. The average Bonchev–Trinajstić information content (AvgIpc) is 3.25. The van der Waals surface area contributed by atoms with Crippen molar-refractivity contribution in [2.75, 3.05) is 19.0 Å². The van der Waals surface area contributed by atoms with Gasteiger partial charge in [-0.3, -0.25) is 14.6 Å². The van der Waals surface area contributed by atoms with Crippen molar-refractivity contribution in [1.82, 2.24) is 14.9 Å². The van der Waals surface area contributed by atoms with Crippen molar-refractivity contribution < 1.29 is 14.3 Å². The number of amides is 2. The van der Waals surface area contributed by atoms with Gasteiger partial charge >= 0.3 is 0 Å². The second kappa shape index (κ2) is 7.32. The lowest BCUT2D eigenvalue weighted by molar-refractivity contribution is -0.128. The molecule has 1 atom stereocenters. The first-order valence-corrected chi connectivity index (χ1v) is 9.36. The number of methoxy groups -OCH3 is 1. The Kier molecular flexibility index (Phi) is 4.72. The van der Waals surface area contributed by atoms with Gasteiger partial charge in [0.25, 0.3) is 0 Å². The van der Waals surface area contributed by atoms with Crippen LogP contribution in [0.25, 0.3) is 10.2 Å². The Morgan fingerprint density at radius 1 is 1.33 bits per heavy atom. The van der Waals surface area contributed by atoms with E-state index in [1.807, 2.05) is 30.3 Å². The third kappa shape index (κ3) is 3.75. The highest BCUT2D eigenvalue weighted by Crippen LogP contribution is 2.30. The van der Waals surface area contributed by atoms with E-state index in [-0.39, 0.29) is 24.2 Å². The molecule has 0 saturated carbocycles. The molecular weight excluding hydrogens is 364 g/mol. The van der Waals surface area contributed by atoms with Crippen LogP contribution in [0.15, 0.2) is 42.7 Å². The summed E-state index contributed by atoms with van der Waals surface area (Å²) in [7, 11) is 1.60. The molecule has 0 bridgehead atoms. The van der Waals surface area contributed by atoms with E-state index in [1.54, 1.807) is 24.4 Å². The first-order chi connectivity index (χ1) is 13.1. The SMILES string of the molecule is COc1ccc2sc(NC(=O)C3CC(=O)N(Cc4ccncc4)C3)nc2c1. The largest absolute Gasteiger partial charge is 0.497 e. The van der Waals surface area contributed by atoms with Crippen LogP contribution in [-0.2, 0) is 16.1 Å². The number of anilines is 1. The van der Waals surface area contributed by atoms with Crippen LogP contribution < -0.4 is 10.1 Å². The maximum atomic E-state index is 12.6. The number of fused-ring (bicyclic) bond motifs is 1. The Hall–Kier alpha value is -3.00. The zero-order valence-corrected chi connectivity index (χ0v) is 15.5. The van der Waals surface area contributed by atoms with Gasteiger partial charge in [0.05, 0.1) is 23.2 Å². The average molecular weight is 382 g/mol. The molecule has 3 heterocycles. The fraction of sp³-hybridized carbons (Fsp3) is 0.263. The Balaban J connectivity index is 1.42. The van der Waals surface area contributed by atoms with Crippen LogP contribution in [0.2, 0.25) is 0 Å². The minimum Gasteiger partial charge on any atom is -0.497 e. The summed E-state index contributed by atoms with van der Waals surface area (Å²) in [6.45, 7) is 0.901. The standard InChI is InChI=1S/C19H18N4O3S/c1-26-14-2-3-16-15(9-14)21-19(27-16)22-18(25)13-8-17(24)23(11-13)10-12-4-6-20-7-5-12/h2-7,9,13H,8,10-11H2,1H3,(H,21,22,25). The number of likely N-dealkylation sites (tertiary alicyclic amines) is 1. The van der Waals surface area contributed by atoms with E-state index < -0.39 is 0 Å². The summed E-state index contributed by atoms with van der Waals surface area (Å²) in [5, 5.41) is 3.39. The molecule has 1 aromatic carbocycles. The molecule has 4 rings (SSSR count). The fourth-order valence-corrected chi connectivity index (χ4v) is 3.95. The van der Waals surface area contributed by atoms with Crippen molar-refractivity contribution in [3.05, 3.63) is 48.3 Å². The molecule has 1 aliphatic heterocycles. The van der Waals surface area contributed by atoms with Gasteiger partial charge in [0.15, 0.2) is 5.13 Å². The van der Waals surface area contributed by atoms with E-state index in [2.05, 4.69) is 15.3 Å². The molecule has 8 heteroatoms. The number of ether oxygens (including phenoxy) is 1. The Bertz CT molecular complexity index is 989. The van der Waals surface area contributed by atoms with Crippen LogP contribution >= 0.6 is 11.3 Å². The lowest BCUT2D eigenvalue weighted by Crippen LogP contribution is -2.28. The zero-order valence-electron chi connectivity index (χ0n) is 14.7. The molecule has 138 valence electrons. The van der Waals surface area contributed by atoms with Crippen LogP contribution in [-0.4, -0.2) is 40.3 Å². The molecule has 2 amide bonds. The number of benzene rings is 1. The summed E-state index contributed by atoms with van der Waals surface area (Å²) in [5.41, 5.74) is 1.77. The minimum absolute atomic E-state index is 0.0130. The molecule has 1 unspecified atom stereocenters. The second-order valence-corrected chi connectivity index (χ2v) is 7.40. The van der Waals surface area contributed by atoms with Crippen LogP contribution in [0.3, 0.4) is 0 Å². The monoisotopic (exact) mass is 382 g/mol. The van der Waals surface area contributed by atoms with Crippen molar-refractivity contribution >= 4 is 38.5 Å². The van der Waals surface area contributed by atoms with Gasteiger partial charge in [0.2, 0.25) is 11.8 Å². The molecule has 0 spiro atoms. The fourth-order valence-electron chi connectivity index (χ4n) is 3.10. The third-order valence-corrected chi connectivity index (χ3v) is 5.48. The quantitative estimate of drug-likeness (QED) is 0.733. The molecule has 1 fully saturated rings. The summed E-state index contributed by atoms with van der Waals surface area (Å²) in [4.78, 5) is 35.0. The molecule has 2 aromatic heterocycles. The highest BCUT2D eigenvalue weighted by atomic mass is 32.1. The normalized spacial score (nSPS) is 16.7. The van der Waals surface area contributed by atoms with E-state index in [9.17, 15) is 9.59 Å². The zero-order chi connectivity index (χ0) is 18.8. The lowest BCUT2D eigenvalue weighted by Gasteiger charge is -2.16. The van der Waals surface area contributed by atoms with Crippen LogP contribution in [0.4, 0.5) is 5.13 Å². The van der Waals surface area contributed by atoms with Gasteiger partial charge in [0.1, 0.15) is 5.75 Å². The van der Waals surface area contributed by atoms with Crippen LogP contribution in [0, 0.1) is 5.92 Å². The van der Waals surface area contributed by atoms with Crippen molar-refractivity contribution in [2.45, 2.75) is 13.0 Å². The molecule has 1 aliphatic rings. The maximum Gasteiger partial charge on any atom is 0.231 e. The number of nitrogens with one attached hydrogen (secondary N) is 1. The molecule has 3 aromatic rings. The Morgan fingerprint density at radius 2 is 2.15 bits per heavy atom. The lowest BCUT2D eigenvalue weighted by atomic mass is 10.1. The number of aromatic nitrogens is 2. The number of carbonyl (C=O) groups is 2. The van der Waals surface area contributed by atoms with Crippen molar-refractivity contribution in [2.24, 2.45) is 5.92 Å². The summed E-state index contributed by atoms with van der Waals surface area (Å²) >= 11 is 1.40. The van der Waals surface area contributed by atoms with Gasteiger partial charge in [-0.2, -0.15) is 0 Å². The number of rotatable bonds is 5. The molecule has 0 aliphatic carbocycles. The summed E-state index contributed by atoms with van der Waals surface area (Å²) in [6.07, 6.45) is 3.61. The number of thiazole rings is 1. The van der Waals surface area contributed by atoms with Crippen molar-refractivity contribution in [3.63, 3.8) is 0 Å². The number of hydrogen-bond donors (Lipinski definition) is 1. The van der Waals surface area contributed by atoms with E-state index in [0.717, 1.165) is 21.5 Å². The van der Waals surface area contributed by atoms with Crippen molar-refractivity contribution in [3.8, 4) is 5.75 Å². The summed E-state index contributed by atoms with van der Waals surface area (Å²) in [5.74, 6) is 0.160. The van der Waals surface area contributed by atoms with E-state index >= 15 is 0 Å². The molecule has 1 N–H and O–H groups in total. The first-order valence-electron chi connectivity index (χ1n) is 8.54. The summed E-state index contributed by atoms with van der Waals surface area (Å²) in [6, 6.07) is 9.35. The van der Waals surface area contributed by atoms with Crippen LogP contribution in [0.1, 0.15) is 12.0 Å². The number of pyridine rings is 1. The number of nitrogens with zero attached hydrogens (tertiary/aromatic N) is 3. The molecule has 27 heavy (non-hydrogen) atoms. The predicted octanol–water partition coefficient (Wildman–Crippen LogP) is 2.69. The van der Waals surface area contributed by atoms with E-state index in [1.165, 1.54) is 11.3 Å². The highest BCUT2D eigenvalue weighted by Gasteiger charge is 2.34. The van der Waals surface area contributed by atoms with Gasteiger partial charge < -0.3 is 15.0 Å². The van der Waals surface area contributed by atoms with Crippen LogP contribution in [0.5, 0.6) is 5.75 Å². The molecular formula is C19H18N4O3S. The second-order valence-electron chi connectivity index (χ2n) is 6.37. The van der Waals surface area contributed by atoms with Gasteiger partial charge in [0, 0.05) is 38.0 Å². The van der Waals surface area contributed by atoms with Gasteiger partial charge in [-0.25, -0.2) is 4.98 Å². The summed E-state index contributed by atoms with van der Waals surface area (Å²) < 4.78 is 6.16. The molecule has 0 radical (unpaired) electrons. The molecule has 7 nitrogen and oxygen atoms in total. The highest BCUT2D eigenvalue weighted by molar-refractivity contribution is 7.22. The topological polar surface area (TPSA) is 84.4 Å². The van der Waals surface area contributed by atoms with Crippen molar-refractivity contribution in [1.29, 1.82) is 0 Å². The van der Waals surface area contributed by atoms with E-state index in [4.69, 9.17) is 4.74 Å². The number of hydrogen-bond acceptors (Lipinski definition) is 6. The maximum absolute atomic E-state index is 12.6.